The van der Waals surface area contributed by atoms with Gasteiger partial charge in [0.25, 0.3) is 0 Å². The normalized spacial score (nSPS) is 10.9. The molecular formula is C16H22O5. The second-order valence-corrected chi connectivity index (χ2v) is 4.80. The zero-order valence-corrected chi connectivity index (χ0v) is 13.0. The Morgan fingerprint density at radius 2 is 1.67 bits per heavy atom. The minimum Gasteiger partial charge on any atom is -0.497 e. The molecule has 0 fully saturated rings. The summed E-state index contributed by atoms with van der Waals surface area (Å²) in [7, 11) is 1.56. The Morgan fingerprint density at radius 1 is 1.10 bits per heavy atom. The molecule has 1 aromatic carbocycles. The molecule has 21 heavy (non-hydrogen) atoms. The average molecular weight is 294 g/mol. The van der Waals surface area contributed by atoms with E-state index in [9.17, 15) is 9.59 Å². The van der Waals surface area contributed by atoms with Crippen LogP contribution in [0.25, 0.3) is 0 Å². The monoisotopic (exact) mass is 294 g/mol. The summed E-state index contributed by atoms with van der Waals surface area (Å²) in [5, 5.41) is 0. The second kappa shape index (κ2) is 7.67. The summed E-state index contributed by atoms with van der Waals surface area (Å²) >= 11 is 0. The molecule has 0 aliphatic rings. The van der Waals surface area contributed by atoms with Gasteiger partial charge in [0.15, 0.2) is 5.41 Å². The number of methoxy groups -OCH3 is 1. The largest absolute Gasteiger partial charge is 0.497 e. The Bertz CT molecular complexity index is 477. The third kappa shape index (κ3) is 4.21. The van der Waals surface area contributed by atoms with E-state index >= 15 is 0 Å². The summed E-state index contributed by atoms with van der Waals surface area (Å²) in [6.07, 6.45) is 0.196. The van der Waals surface area contributed by atoms with Crippen LogP contribution in [0.5, 0.6) is 5.75 Å². The summed E-state index contributed by atoms with van der Waals surface area (Å²) in [6.45, 7) is 5.38. The standard InChI is InChI=1S/C16H22O5/c1-5-20-14(17)16(3,15(18)21-6-2)11-12-8-7-9-13(10-12)19-4/h7-10H,5-6,11H2,1-4H3. The number of hydrogen-bond acceptors (Lipinski definition) is 5. The number of ether oxygens (including phenoxy) is 3. The number of rotatable bonds is 7. The van der Waals surface area contributed by atoms with Crippen molar-refractivity contribution < 1.29 is 23.8 Å². The summed E-state index contributed by atoms with van der Waals surface area (Å²) in [5.74, 6) is -0.486. The lowest BCUT2D eigenvalue weighted by Gasteiger charge is -2.25. The molecule has 0 bridgehead atoms. The van der Waals surface area contributed by atoms with Gasteiger partial charge in [-0.15, -0.1) is 0 Å². The van der Waals surface area contributed by atoms with Gasteiger partial charge in [0.05, 0.1) is 20.3 Å². The lowest BCUT2D eigenvalue weighted by atomic mass is 9.83. The molecule has 116 valence electrons. The Morgan fingerprint density at radius 3 is 2.14 bits per heavy atom. The van der Waals surface area contributed by atoms with Crippen LogP contribution in [0.1, 0.15) is 26.3 Å². The van der Waals surface area contributed by atoms with Crippen molar-refractivity contribution in [2.45, 2.75) is 27.2 Å². The minimum absolute atomic E-state index is 0.196. The first-order chi connectivity index (χ1) is 9.97. The fourth-order valence-electron chi connectivity index (χ4n) is 2.00. The molecule has 0 unspecified atom stereocenters. The topological polar surface area (TPSA) is 61.8 Å². The van der Waals surface area contributed by atoms with E-state index in [0.717, 1.165) is 5.56 Å². The first-order valence-electron chi connectivity index (χ1n) is 6.95. The molecule has 0 radical (unpaired) electrons. The maximum atomic E-state index is 12.2. The van der Waals surface area contributed by atoms with Crippen molar-refractivity contribution in [1.29, 1.82) is 0 Å². The molecular weight excluding hydrogens is 272 g/mol. The summed E-state index contributed by atoms with van der Waals surface area (Å²) in [4.78, 5) is 24.4. The Labute approximate surface area is 125 Å². The molecule has 0 aliphatic heterocycles. The Hall–Kier alpha value is -2.04. The van der Waals surface area contributed by atoms with Crippen molar-refractivity contribution in [3.8, 4) is 5.75 Å². The predicted octanol–water partition coefficient (Wildman–Crippen LogP) is 2.37. The molecule has 0 atom stereocenters. The highest BCUT2D eigenvalue weighted by Gasteiger charge is 2.44. The van der Waals surface area contributed by atoms with Crippen molar-refractivity contribution >= 4 is 11.9 Å². The minimum atomic E-state index is -1.36. The molecule has 0 aromatic heterocycles. The molecule has 1 aromatic rings. The first kappa shape index (κ1) is 17.0. The van der Waals surface area contributed by atoms with Gasteiger partial charge in [-0.05, 0) is 44.9 Å². The van der Waals surface area contributed by atoms with E-state index in [4.69, 9.17) is 14.2 Å². The molecule has 1 rings (SSSR count). The van der Waals surface area contributed by atoms with E-state index in [-0.39, 0.29) is 19.6 Å². The van der Waals surface area contributed by atoms with Crippen LogP contribution in [0.4, 0.5) is 0 Å². The summed E-state index contributed by atoms with van der Waals surface area (Å²) in [5.41, 5.74) is -0.559. The van der Waals surface area contributed by atoms with Crippen molar-refractivity contribution in [2.75, 3.05) is 20.3 Å². The van der Waals surface area contributed by atoms with Gasteiger partial charge >= 0.3 is 11.9 Å². The quantitative estimate of drug-likeness (QED) is 0.570. The van der Waals surface area contributed by atoms with Gasteiger partial charge in [-0.25, -0.2) is 0 Å². The van der Waals surface area contributed by atoms with Crippen LogP contribution < -0.4 is 4.74 Å². The van der Waals surface area contributed by atoms with E-state index in [1.165, 1.54) is 0 Å². The molecule has 0 saturated carbocycles. The van der Waals surface area contributed by atoms with Gasteiger partial charge in [-0.3, -0.25) is 9.59 Å². The second-order valence-electron chi connectivity index (χ2n) is 4.80. The van der Waals surface area contributed by atoms with Gasteiger partial charge in [-0.2, -0.15) is 0 Å². The van der Waals surface area contributed by atoms with Crippen molar-refractivity contribution in [3.63, 3.8) is 0 Å². The number of hydrogen-bond donors (Lipinski definition) is 0. The fourth-order valence-corrected chi connectivity index (χ4v) is 2.00. The smallest absolute Gasteiger partial charge is 0.323 e. The lowest BCUT2D eigenvalue weighted by Crippen LogP contribution is -2.41. The van der Waals surface area contributed by atoms with Gasteiger partial charge < -0.3 is 14.2 Å². The summed E-state index contributed by atoms with van der Waals surface area (Å²) < 4.78 is 15.2. The van der Waals surface area contributed by atoms with Crippen LogP contribution in [-0.2, 0) is 25.5 Å². The first-order valence-corrected chi connectivity index (χ1v) is 6.95. The van der Waals surface area contributed by atoms with Gasteiger partial charge in [0.1, 0.15) is 5.75 Å². The third-order valence-electron chi connectivity index (χ3n) is 3.14. The number of esters is 2. The van der Waals surface area contributed by atoms with Crippen LogP contribution in [0.3, 0.4) is 0 Å². The van der Waals surface area contributed by atoms with E-state index in [2.05, 4.69) is 0 Å². The average Bonchev–Trinajstić information content (AvgIpc) is 2.47. The van der Waals surface area contributed by atoms with Crippen LogP contribution in [0, 0.1) is 5.41 Å². The van der Waals surface area contributed by atoms with Crippen molar-refractivity contribution in [3.05, 3.63) is 29.8 Å². The molecule has 0 N–H and O–H groups in total. The molecule has 5 heteroatoms. The maximum Gasteiger partial charge on any atom is 0.323 e. The summed E-state index contributed by atoms with van der Waals surface area (Å²) in [6, 6.07) is 7.23. The zero-order chi connectivity index (χ0) is 15.9. The molecule has 0 amide bonds. The van der Waals surface area contributed by atoms with Crippen molar-refractivity contribution in [1.82, 2.24) is 0 Å². The SMILES string of the molecule is CCOC(=O)C(C)(Cc1cccc(OC)c1)C(=O)OCC. The fraction of sp³-hybridized carbons (Fsp3) is 0.500. The number of carbonyl (C=O) groups excluding carboxylic acids is 2. The van der Waals surface area contributed by atoms with Crippen LogP contribution >= 0.6 is 0 Å². The van der Waals surface area contributed by atoms with Crippen LogP contribution in [0.2, 0.25) is 0 Å². The maximum absolute atomic E-state index is 12.2. The highest BCUT2D eigenvalue weighted by molar-refractivity contribution is 5.99. The van der Waals surface area contributed by atoms with E-state index < -0.39 is 17.4 Å². The third-order valence-corrected chi connectivity index (χ3v) is 3.14. The molecule has 0 aliphatic carbocycles. The predicted molar refractivity (Wildman–Crippen MR) is 78.1 cm³/mol. The van der Waals surface area contributed by atoms with Crippen LogP contribution in [0.15, 0.2) is 24.3 Å². The van der Waals surface area contributed by atoms with Gasteiger partial charge in [-0.1, -0.05) is 12.1 Å². The van der Waals surface area contributed by atoms with Gasteiger partial charge in [0.2, 0.25) is 0 Å². The van der Waals surface area contributed by atoms with Crippen molar-refractivity contribution in [2.24, 2.45) is 5.41 Å². The Balaban J connectivity index is 3.06. The Kier molecular flexibility index (Phi) is 6.21. The number of carbonyl (C=O) groups is 2. The van der Waals surface area contributed by atoms with E-state index in [1.807, 2.05) is 12.1 Å². The molecule has 5 nitrogen and oxygen atoms in total. The zero-order valence-electron chi connectivity index (χ0n) is 13.0. The van der Waals surface area contributed by atoms with Gasteiger partial charge in [0, 0.05) is 0 Å². The molecule has 0 spiro atoms. The molecule has 0 saturated heterocycles. The van der Waals surface area contributed by atoms with E-state index in [1.54, 1.807) is 40.0 Å². The van der Waals surface area contributed by atoms with E-state index in [0.29, 0.717) is 5.75 Å². The number of benzene rings is 1. The highest BCUT2D eigenvalue weighted by Crippen LogP contribution is 2.28. The van der Waals surface area contributed by atoms with Crippen LogP contribution in [-0.4, -0.2) is 32.3 Å². The molecule has 0 heterocycles. The highest BCUT2D eigenvalue weighted by atomic mass is 16.6. The lowest BCUT2D eigenvalue weighted by molar-refractivity contribution is -0.170.